The summed E-state index contributed by atoms with van der Waals surface area (Å²) in [5.74, 6) is -1.75. The van der Waals surface area contributed by atoms with E-state index in [0.717, 1.165) is 0 Å². The molecule has 182 valence electrons. The molecule has 0 aromatic heterocycles. The van der Waals surface area contributed by atoms with Crippen molar-refractivity contribution in [3.05, 3.63) is 0 Å². The summed E-state index contributed by atoms with van der Waals surface area (Å²) in [4.78, 5) is 47.4. The molecule has 0 aliphatic carbocycles. The Balaban J connectivity index is 1.74. The second kappa shape index (κ2) is 12.7. The number of fused-ring (bicyclic) bond motifs is 1. The van der Waals surface area contributed by atoms with Crippen LogP contribution < -0.4 is 0 Å². The van der Waals surface area contributed by atoms with Gasteiger partial charge in [0, 0.05) is 12.8 Å². The molecular weight excluding hydrogens is 424 g/mol. The zero-order valence-electron chi connectivity index (χ0n) is 19.2. The minimum Gasteiger partial charge on any atom is -0.462 e. The summed E-state index contributed by atoms with van der Waals surface area (Å²) in [6.07, 6.45) is -1.75. The van der Waals surface area contributed by atoms with Gasteiger partial charge in [-0.1, -0.05) is 13.8 Å². The largest absolute Gasteiger partial charge is 0.462 e. The van der Waals surface area contributed by atoms with Gasteiger partial charge in [0.15, 0.2) is 12.2 Å². The molecule has 2 aliphatic heterocycles. The standard InChI is InChI=1S/C22H34O10/c1-5-7-17(23)29-13(3)9-19(25)31-15-11-27-22-16(12-28-21(15)22)32-20(26)10-14(4)30-18(24)8-6-2/h13-16,21-22H,5-12H2,1-4H3/t13-,14-,15-,16+,21-,22-/m1/s1. The zero-order valence-corrected chi connectivity index (χ0v) is 19.2. The predicted octanol–water partition coefficient (Wildman–Crippen LogP) is 1.85. The van der Waals surface area contributed by atoms with Crippen LogP contribution in [0.3, 0.4) is 0 Å². The summed E-state index contributed by atoms with van der Waals surface area (Å²) in [6, 6.07) is 0. The molecule has 0 amide bonds. The fourth-order valence-corrected chi connectivity index (χ4v) is 3.59. The second-order valence-corrected chi connectivity index (χ2v) is 8.16. The van der Waals surface area contributed by atoms with E-state index in [1.807, 2.05) is 13.8 Å². The summed E-state index contributed by atoms with van der Waals surface area (Å²) in [5.41, 5.74) is 0. The fraction of sp³-hybridized carbons (Fsp3) is 0.818. The lowest BCUT2D eigenvalue weighted by Crippen LogP contribution is -2.36. The van der Waals surface area contributed by atoms with E-state index < -0.39 is 48.6 Å². The Morgan fingerprint density at radius 3 is 1.44 bits per heavy atom. The van der Waals surface area contributed by atoms with Crippen molar-refractivity contribution in [2.75, 3.05) is 13.2 Å². The maximum absolute atomic E-state index is 12.2. The Morgan fingerprint density at radius 2 is 1.09 bits per heavy atom. The van der Waals surface area contributed by atoms with Gasteiger partial charge in [-0.05, 0) is 26.7 Å². The van der Waals surface area contributed by atoms with Crippen LogP contribution in [0, 0.1) is 0 Å². The fourth-order valence-electron chi connectivity index (χ4n) is 3.59. The van der Waals surface area contributed by atoms with E-state index in [2.05, 4.69) is 0 Å². The minimum atomic E-state index is -0.635. The van der Waals surface area contributed by atoms with Gasteiger partial charge in [-0.3, -0.25) is 19.2 Å². The van der Waals surface area contributed by atoms with Crippen LogP contribution in [0.15, 0.2) is 0 Å². The van der Waals surface area contributed by atoms with Crippen molar-refractivity contribution in [2.45, 2.75) is 103 Å². The van der Waals surface area contributed by atoms with Crippen molar-refractivity contribution in [1.82, 2.24) is 0 Å². The molecule has 0 N–H and O–H groups in total. The molecule has 0 aromatic rings. The molecule has 2 fully saturated rings. The summed E-state index contributed by atoms with van der Waals surface area (Å²) in [5, 5.41) is 0. The first-order valence-electron chi connectivity index (χ1n) is 11.2. The van der Waals surface area contributed by atoms with Crippen molar-refractivity contribution in [3.8, 4) is 0 Å². The first-order valence-corrected chi connectivity index (χ1v) is 11.2. The third-order valence-electron chi connectivity index (χ3n) is 5.01. The molecule has 2 heterocycles. The predicted molar refractivity (Wildman–Crippen MR) is 109 cm³/mol. The lowest BCUT2D eigenvalue weighted by atomic mass is 10.1. The Bertz CT molecular complexity index is 607. The number of hydrogen-bond acceptors (Lipinski definition) is 10. The van der Waals surface area contributed by atoms with Gasteiger partial charge in [-0.15, -0.1) is 0 Å². The lowest BCUT2D eigenvalue weighted by molar-refractivity contribution is -0.160. The van der Waals surface area contributed by atoms with Crippen LogP contribution in [0.4, 0.5) is 0 Å². The Hall–Kier alpha value is -2.20. The highest BCUT2D eigenvalue weighted by Crippen LogP contribution is 2.31. The number of esters is 4. The third-order valence-corrected chi connectivity index (χ3v) is 5.01. The van der Waals surface area contributed by atoms with Crippen LogP contribution in [0.25, 0.3) is 0 Å². The van der Waals surface area contributed by atoms with E-state index in [1.54, 1.807) is 13.8 Å². The van der Waals surface area contributed by atoms with Crippen LogP contribution in [0.1, 0.15) is 66.2 Å². The van der Waals surface area contributed by atoms with Crippen molar-refractivity contribution in [1.29, 1.82) is 0 Å². The molecule has 0 radical (unpaired) electrons. The molecule has 0 unspecified atom stereocenters. The van der Waals surface area contributed by atoms with E-state index in [-0.39, 0.29) is 38.0 Å². The van der Waals surface area contributed by atoms with Gasteiger partial charge in [-0.25, -0.2) is 0 Å². The average molecular weight is 459 g/mol. The second-order valence-electron chi connectivity index (χ2n) is 8.16. The van der Waals surface area contributed by atoms with Gasteiger partial charge in [-0.2, -0.15) is 0 Å². The highest BCUT2D eigenvalue weighted by molar-refractivity contribution is 5.73. The number of hydrogen-bond donors (Lipinski definition) is 0. The Labute approximate surface area is 188 Å². The van der Waals surface area contributed by atoms with Crippen molar-refractivity contribution >= 4 is 23.9 Å². The van der Waals surface area contributed by atoms with E-state index in [9.17, 15) is 19.2 Å². The van der Waals surface area contributed by atoms with Gasteiger partial charge in [0.05, 0.1) is 26.1 Å². The summed E-state index contributed by atoms with van der Waals surface area (Å²) >= 11 is 0. The maximum Gasteiger partial charge on any atom is 0.309 e. The molecule has 0 aromatic carbocycles. The first kappa shape index (κ1) is 26.1. The maximum atomic E-state index is 12.2. The van der Waals surface area contributed by atoms with Crippen LogP contribution in [0.5, 0.6) is 0 Å². The monoisotopic (exact) mass is 458 g/mol. The molecule has 2 aliphatic rings. The molecular formula is C22H34O10. The Morgan fingerprint density at radius 1 is 0.719 bits per heavy atom. The van der Waals surface area contributed by atoms with Gasteiger partial charge < -0.3 is 28.4 Å². The van der Waals surface area contributed by atoms with Gasteiger partial charge in [0.1, 0.15) is 24.4 Å². The smallest absolute Gasteiger partial charge is 0.309 e. The molecule has 6 atom stereocenters. The van der Waals surface area contributed by atoms with Crippen molar-refractivity contribution < 1.29 is 47.6 Å². The number of carbonyl (C=O) groups is 4. The topological polar surface area (TPSA) is 124 Å². The zero-order chi connectivity index (χ0) is 23.7. The highest BCUT2D eigenvalue weighted by Gasteiger charge is 2.51. The average Bonchev–Trinajstić information content (AvgIpc) is 3.25. The number of rotatable bonds is 12. The molecule has 32 heavy (non-hydrogen) atoms. The van der Waals surface area contributed by atoms with E-state index in [1.165, 1.54) is 0 Å². The molecule has 2 rings (SSSR count). The van der Waals surface area contributed by atoms with Gasteiger partial charge in [0.25, 0.3) is 0 Å². The quantitative estimate of drug-likeness (QED) is 0.316. The molecule has 10 heteroatoms. The van der Waals surface area contributed by atoms with Crippen LogP contribution in [-0.4, -0.2) is 73.7 Å². The normalized spacial score (nSPS) is 26.0. The van der Waals surface area contributed by atoms with E-state index >= 15 is 0 Å². The molecule has 0 saturated carbocycles. The first-order chi connectivity index (χ1) is 15.2. The Kier molecular flexibility index (Phi) is 10.4. The molecule has 0 spiro atoms. The van der Waals surface area contributed by atoms with Crippen molar-refractivity contribution in [2.24, 2.45) is 0 Å². The van der Waals surface area contributed by atoms with Crippen LogP contribution >= 0.6 is 0 Å². The van der Waals surface area contributed by atoms with E-state index in [0.29, 0.717) is 25.7 Å². The number of ether oxygens (including phenoxy) is 6. The summed E-state index contributed by atoms with van der Waals surface area (Å²) < 4.78 is 32.5. The summed E-state index contributed by atoms with van der Waals surface area (Å²) in [6.45, 7) is 7.22. The lowest BCUT2D eigenvalue weighted by Gasteiger charge is -2.19. The highest BCUT2D eigenvalue weighted by atomic mass is 16.7. The van der Waals surface area contributed by atoms with Crippen LogP contribution in [-0.2, 0) is 47.6 Å². The SMILES string of the molecule is CCCC(=O)O[C@H](C)CC(=O)O[C@H]1CO[C@H]2[C@@H]1OC[C@H]2OC(=O)C[C@@H](C)OC(=O)CCC. The van der Waals surface area contributed by atoms with Crippen molar-refractivity contribution in [3.63, 3.8) is 0 Å². The summed E-state index contributed by atoms with van der Waals surface area (Å²) in [7, 11) is 0. The minimum absolute atomic E-state index is 0.0730. The van der Waals surface area contributed by atoms with Crippen LogP contribution in [0.2, 0.25) is 0 Å². The molecule has 2 saturated heterocycles. The molecule has 10 nitrogen and oxygen atoms in total. The molecule has 0 bridgehead atoms. The van der Waals surface area contributed by atoms with Gasteiger partial charge >= 0.3 is 23.9 Å². The number of carbonyl (C=O) groups excluding carboxylic acids is 4. The van der Waals surface area contributed by atoms with E-state index in [4.69, 9.17) is 28.4 Å². The third kappa shape index (κ3) is 8.05. The van der Waals surface area contributed by atoms with Gasteiger partial charge in [0.2, 0.25) is 0 Å².